The first-order valence-electron chi connectivity index (χ1n) is 6.80. The van der Waals surface area contributed by atoms with Crippen molar-refractivity contribution in [1.29, 1.82) is 0 Å². The molecule has 114 valence electrons. The summed E-state index contributed by atoms with van der Waals surface area (Å²) in [6, 6.07) is 1.06. The second-order valence-corrected chi connectivity index (χ2v) is 5.27. The normalized spacial score (nSPS) is 19.6. The van der Waals surface area contributed by atoms with E-state index in [0.29, 0.717) is 17.3 Å². The van der Waals surface area contributed by atoms with Gasteiger partial charge in [-0.3, -0.25) is 0 Å². The van der Waals surface area contributed by atoms with Crippen LogP contribution in [0.3, 0.4) is 0 Å². The van der Waals surface area contributed by atoms with Crippen molar-refractivity contribution in [1.82, 2.24) is 19.9 Å². The Kier molecular flexibility index (Phi) is 3.48. The number of nitrogens with zero attached hydrogens (tertiary/aromatic N) is 4. The number of rotatable bonds is 3. The van der Waals surface area contributed by atoms with E-state index < -0.39 is 11.9 Å². The van der Waals surface area contributed by atoms with Crippen LogP contribution >= 0.6 is 0 Å². The molecule has 3 heterocycles. The topological polar surface area (TPSA) is 45.5 Å². The van der Waals surface area contributed by atoms with Gasteiger partial charge in [-0.25, -0.2) is 9.50 Å². The average Bonchev–Trinajstić information content (AvgIpc) is 3.03. The van der Waals surface area contributed by atoms with Crippen LogP contribution in [0, 0.1) is 5.92 Å². The predicted octanol–water partition coefficient (Wildman–Crippen LogP) is 1.79. The number of anilines is 1. The van der Waals surface area contributed by atoms with Crippen LogP contribution in [0.5, 0.6) is 0 Å². The monoisotopic (exact) mass is 299 g/mol. The van der Waals surface area contributed by atoms with Crippen LogP contribution in [-0.4, -0.2) is 41.3 Å². The Bertz CT molecular complexity index is 636. The van der Waals surface area contributed by atoms with Crippen molar-refractivity contribution in [3.63, 3.8) is 0 Å². The van der Waals surface area contributed by atoms with Gasteiger partial charge in [0.15, 0.2) is 11.5 Å². The highest BCUT2D eigenvalue weighted by atomic mass is 19.4. The van der Waals surface area contributed by atoms with Gasteiger partial charge in [-0.2, -0.15) is 18.3 Å². The lowest BCUT2D eigenvalue weighted by atomic mass is 10.1. The molecule has 1 aliphatic rings. The molecule has 0 aliphatic carbocycles. The van der Waals surface area contributed by atoms with Crippen molar-refractivity contribution in [2.75, 3.05) is 31.6 Å². The average molecular weight is 299 g/mol. The molecule has 0 amide bonds. The maximum atomic E-state index is 12.8. The van der Waals surface area contributed by atoms with Gasteiger partial charge in [-0.1, -0.05) is 0 Å². The fourth-order valence-electron chi connectivity index (χ4n) is 2.77. The summed E-state index contributed by atoms with van der Waals surface area (Å²) in [5.74, 6) is 1.06. The third-order valence-electron chi connectivity index (χ3n) is 3.74. The number of hydrogen-bond donors (Lipinski definition) is 1. The van der Waals surface area contributed by atoms with Crippen LogP contribution < -0.4 is 10.2 Å². The van der Waals surface area contributed by atoms with E-state index in [4.69, 9.17) is 0 Å². The fourth-order valence-corrected chi connectivity index (χ4v) is 2.77. The molecule has 5 nitrogen and oxygen atoms in total. The van der Waals surface area contributed by atoms with Crippen LogP contribution in [0.15, 0.2) is 18.5 Å². The van der Waals surface area contributed by atoms with E-state index in [0.717, 1.165) is 32.1 Å². The van der Waals surface area contributed by atoms with E-state index in [9.17, 15) is 13.2 Å². The minimum Gasteiger partial charge on any atom is -0.354 e. The highest BCUT2D eigenvalue weighted by Crippen LogP contribution is 2.32. The van der Waals surface area contributed by atoms with E-state index in [-0.39, 0.29) is 0 Å². The van der Waals surface area contributed by atoms with Crippen molar-refractivity contribution >= 4 is 11.3 Å². The van der Waals surface area contributed by atoms with Crippen LogP contribution in [0.1, 0.15) is 12.1 Å². The molecular weight excluding hydrogens is 283 g/mol. The maximum Gasteiger partial charge on any atom is 0.435 e. The molecule has 1 N–H and O–H groups in total. The molecular formula is C13H16F3N5. The Morgan fingerprint density at radius 3 is 2.95 bits per heavy atom. The van der Waals surface area contributed by atoms with E-state index in [1.54, 1.807) is 0 Å². The van der Waals surface area contributed by atoms with Gasteiger partial charge in [0, 0.05) is 31.5 Å². The summed E-state index contributed by atoms with van der Waals surface area (Å²) < 4.78 is 39.6. The Labute approximate surface area is 119 Å². The smallest absolute Gasteiger partial charge is 0.354 e. The summed E-state index contributed by atoms with van der Waals surface area (Å²) in [6.45, 7) is 2.48. The molecule has 1 aliphatic heterocycles. The zero-order chi connectivity index (χ0) is 15.0. The van der Waals surface area contributed by atoms with Crippen LogP contribution in [-0.2, 0) is 6.18 Å². The summed E-state index contributed by atoms with van der Waals surface area (Å²) in [6.07, 6.45) is -0.511. The van der Waals surface area contributed by atoms with Gasteiger partial charge >= 0.3 is 6.18 Å². The van der Waals surface area contributed by atoms with Gasteiger partial charge in [0.1, 0.15) is 5.52 Å². The number of alkyl halides is 3. The van der Waals surface area contributed by atoms with Crippen LogP contribution in [0.4, 0.5) is 19.0 Å². The largest absolute Gasteiger partial charge is 0.435 e. The fraction of sp³-hybridized carbons (Fsp3) is 0.538. The summed E-state index contributed by atoms with van der Waals surface area (Å²) in [5, 5.41) is 6.71. The molecule has 2 aromatic heterocycles. The second kappa shape index (κ2) is 5.18. The predicted molar refractivity (Wildman–Crippen MR) is 72.2 cm³/mol. The molecule has 0 spiro atoms. The Morgan fingerprint density at radius 1 is 1.43 bits per heavy atom. The summed E-state index contributed by atoms with van der Waals surface area (Å²) in [7, 11) is 1.90. The maximum absolute atomic E-state index is 12.8. The molecule has 0 bridgehead atoms. The van der Waals surface area contributed by atoms with Gasteiger partial charge in [-0.05, 0) is 25.9 Å². The quantitative estimate of drug-likeness (QED) is 0.938. The summed E-state index contributed by atoms with van der Waals surface area (Å²) >= 11 is 0. The van der Waals surface area contributed by atoms with Crippen molar-refractivity contribution in [2.24, 2.45) is 5.92 Å². The standard InChI is InChI=1S/C13H16F3N5/c1-17-7-9-2-4-20(8-9)12-10-6-11(13(14,15)16)19-21(10)5-3-18-12/h3,5-6,9,17H,2,4,7-8H2,1H3. The molecule has 0 radical (unpaired) electrons. The van der Waals surface area contributed by atoms with Crippen molar-refractivity contribution in [3.8, 4) is 0 Å². The Hall–Kier alpha value is -1.83. The highest BCUT2D eigenvalue weighted by molar-refractivity contribution is 5.69. The van der Waals surface area contributed by atoms with Gasteiger partial charge in [-0.15, -0.1) is 0 Å². The molecule has 0 saturated carbocycles. The first kappa shape index (κ1) is 14.1. The SMILES string of the molecule is CNCC1CCN(c2nccn3nc(C(F)(F)F)cc23)C1. The minimum atomic E-state index is -4.44. The first-order valence-corrected chi connectivity index (χ1v) is 6.80. The summed E-state index contributed by atoms with van der Waals surface area (Å²) in [4.78, 5) is 6.28. The molecule has 2 aromatic rings. The van der Waals surface area contributed by atoms with Gasteiger partial charge in [0.25, 0.3) is 0 Å². The van der Waals surface area contributed by atoms with E-state index >= 15 is 0 Å². The first-order chi connectivity index (χ1) is 9.99. The van der Waals surface area contributed by atoms with Crippen LogP contribution in [0.25, 0.3) is 5.52 Å². The molecule has 3 rings (SSSR count). The number of hydrogen-bond acceptors (Lipinski definition) is 4. The van der Waals surface area contributed by atoms with Crippen molar-refractivity contribution in [3.05, 3.63) is 24.2 Å². The third kappa shape index (κ3) is 2.67. The molecule has 1 saturated heterocycles. The highest BCUT2D eigenvalue weighted by Gasteiger charge is 2.35. The van der Waals surface area contributed by atoms with Crippen LogP contribution in [0.2, 0.25) is 0 Å². The van der Waals surface area contributed by atoms with E-state index in [2.05, 4.69) is 15.4 Å². The number of nitrogens with one attached hydrogen (secondary N) is 1. The minimum absolute atomic E-state index is 0.398. The summed E-state index contributed by atoms with van der Waals surface area (Å²) in [5.41, 5.74) is -0.488. The zero-order valence-corrected chi connectivity index (χ0v) is 11.6. The number of aromatic nitrogens is 3. The lowest BCUT2D eigenvalue weighted by molar-refractivity contribution is -0.141. The third-order valence-corrected chi connectivity index (χ3v) is 3.74. The van der Waals surface area contributed by atoms with Crippen molar-refractivity contribution < 1.29 is 13.2 Å². The van der Waals surface area contributed by atoms with Crippen molar-refractivity contribution in [2.45, 2.75) is 12.6 Å². The Morgan fingerprint density at radius 2 is 2.24 bits per heavy atom. The van der Waals surface area contributed by atoms with E-state index in [1.807, 2.05) is 11.9 Å². The van der Waals surface area contributed by atoms with Gasteiger partial charge < -0.3 is 10.2 Å². The van der Waals surface area contributed by atoms with Gasteiger partial charge in [0.05, 0.1) is 0 Å². The Balaban J connectivity index is 1.94. The molecule has 21 heavy (non-hydrogen) atoms. The number of fused-ring (bicyclic) bond motifs is 1. The van der Waals surface area contributed by atoms with Gasteiger partial charge in [0.2, 0.25) is 0 Å². The molecule has 8 heteroatoms. The number of halogens is 3. The molecule has 1 atom stereocenters. The zero-order valence-electron chi connectivity index (χ0n) is 11.6. The molecule has 1 fully saturated rings. The molecule has 0 aromatic carbocycles. The van der Waals surface area contributed by atoms with E-state index in [1.165, 1.54) is 16.9 Å². The second-order valence-electron chi connectivity index (χ2n) is 5.27. The molecule has 1 unspecified atom stereocenters. The lowest BCUT2D eigenvalue weighted by Gasteiger charge is -2.18. The lowest BCUT2D eigenvalue weighted by Crippen LogP contribution is -2.25.